The number of nitrogens with one attached hydrogen (secondary N) is 1. The van der Waals surface area contributed by atoms with Crippen molar-refractivity contribution >= 4 is 11.7 Å². The first kappa shape index (κ1) is 15.0. The van der Waals surface area contributed by atoms with Crippen molar-refractivity contribution in [1.29, 1.82) is 0 Å². The number of ether oxygens (including phenoxy) is 1. The van der Waals surface area contributed by atoms with Gasteiger partial charge in [-0.3, -0.25) is 14.4 Å². The SMILES string of the molecule is Cn1nc(C(C)(C)C)cc1NC(=O)CN1CCOCC1. The van der Waals surface area contributed by atoms with Gasteiger partial charge in [0.15, 0.2) is 0 Å². The highest BCUT2D eigenvalue weighted by Crippen LogP contribution is 2.23. The van der Waals surface area contributed by atoms with Gasteiger partial charge in [-0.1, -0.05) is 20.8 Å². The van der Waals surface area contributed by atoms with Crippen molar-refractivity contribution in [2.75, 3.05) is 38.2 Å². The monoisotopic (exact) mass is 280 g/mol. The second-order valence-electron chi connectivity index (χ2n) is 6.23. The first-order valence-corrected chi connectivity index (χ1v) is 7.01. The molecule has 1 saturated heterocycles. The largest absolute Gasteiger partial charge is 0.379 e. The average molecular weight is 280 g/mol. The van der Waals surface area contributed by atoms with Crippen molar-refractivity contribution < 1.29 is 9.53 Å². The Labute approximate surface area is 120 Å². The number of amides is 1. The number of carbonyl (C=O) groups is 1. The molecule has 1 aliphatic rings. The van der Waals surface area contributed by atoms with Gasteiger partial charge in [-0.05, 0) is 0 Å². The third-order valence-corrected chi connectivity index (χ3v) is 3.39. The summed E-state index contributed by atoms with van der Waals surface area (Å²) in [5, 5.41) is 7.38. The molecule has 0 aliphatic carbocycles. The first-order chi connectivity index (χ1) is 9.36. The van der Waals surface area contributed by atoms with E-state index in [1.165, 1.54) is 0 Å². The molecule has 0 spiro atoms. The lowest BCUT2D eigenvalue weighted by molar-refractivity contribution is -0.118. The molecular formula is C14H24N4O2. The number of nitrogens with zero attached hydrogens (tertiary/aromatic N) is 3. The highest BCUT2D eigenvalue weighted by molar-refractivity contribution is 5.91. The molecule has 0 atom stereocenters. The van der Waals surface area contributed by atoms with Gasteiger partial charge in [0.1, 0.15) is 5.82 Å². The zero-order valence-electron chi connectivity index (χ0n) is 12.8. The molecule has 0 bridgehead atoms. The van der Waals surface area contributed by atoms with Gasteiger partial charge >= 0.3 is 0 Å². The molecule has 1 amide bonds. The van der Waals surface area contributed by atoms with Gasteiger partial charge in [0.2, 0.25) is 5.91 Å². The predicted octanol–water partition coefficient (Wildman–Crippen LogP) is 0.988. The number of hydrogen-bond donors (Lipinski definition) is 1. The second-order valence-corrected chi connectivity index (χ2v) is 6.23. The van der Waals surface area contributed by atoms with Crippen LogP contribution in [-0.2, 0) is 22.0 Å². The van der Waals surface area contributed by atoms with Crippen LogP contribution >= 0.6 is 0 Å². The van der Waals surface area contributed by atoms with Crippen molar-refractivity contribution in [2.45, 2.75) is 26.2 Å². The van der Waals surface area contributed by atoms with Crippen molar-refractivity contribution in [2.24, 2.45) is 7.05 Å². The number of anilines is 1. The van der Waals surface area contributed by atoms with Crippen molar-refractivity contribution in [3.8, 4) is 0 Å². The summed E-state index contributed by atoms with van der Waals surface area (Å²) >= 11 is 0. The lowest BCUT2D eigenvalue weighted by atomic mass is 9.92. The minimum atomic E-state index is -0.0229. The summed E-state index contributed by atoms with van der Waals surface area (Å²) in [4.78, 5) is 14.2. The van der Waals surface area contributed by atoms with E-state index in [-0.39, 0.29) is 11.3 Å². The van der Waals surface area contributed by atoms with Crippen LogP contribution in [0.1, 0.15) is 26.5 Å². The topological polar surface area (TPSA) is 59.4 Å². The molecule has 0 unspecified atom stereocenters. The van der Waals surface area contributed by atoms with E-state index in [4.69, 9.17) is 4.74 Å². The van der Waals surface area contributed by atoms with E-state index in [1.54, 1.807) is 4.68 Å². The number of aryl methyl sites for hydroxylation is 1. The fourth-order valence-corrected chi connectivity index (χ4v) is 2.10. The van der Waals surface area contributed by atoms with Crippen molar-refractivity contribution in [3.05, 3.63) is 11.8 Å². The minimum absolute atomic E-state index is 0.00430. The van der Waals surface area contributed by atoms with E-state index in [0.717, 1.165) is 24.6 Å². The van der Waals surface area contributed by atoms with Gasteiger partial charge in [0, 0.05) is 31.6 Å². The minimum Gasteiger partial charge on any atom is -0.379 e. The zero-order valence-corrected chi connectivity index (χ0v) is 12.8. The van der Waals surface area contributed by atoms with Gasteiger partial charge in [-0.2, -0.15) is 5.10 Å². The molecule has 2 heterocycles. The molecule has 1 aliphatic heterocycles. The van der Waals surface area contributed by atoms with Crippen LogP contribution in [-0.4, -0.2) is 53.4 Å². The lowest BCUT2D eigenvalue weighted by Crippen LogP contribution is -2.41. The standard InChI is InChI=1S/C14H24N4O2/c1-14(2,3)11-9-12(17(4)16-11)15-13(19)10-18-5-7-20-8-6-18/h9H,5-8,10H2,1-4H3,(H,15,19). The van der Waals surface area contributed by atoms with Crippen molar-refractivity contribution in [1.82, 2.24) is 14.7 Å². The Kier molecular flexibility index (Phi) is 4.45. The maximum absolute atomic E-state index is 12.1. The third-order valence-electron chi connectivity index (χ3n) is 3.39. The van der Waals surface area contributed by atoms with Crippen LogP contribution in [0.15, 0.2) is 6.07 Å². The number of morpholine rings is 1. The molecule has 0 saturated carbocycles. The Balaban J connectivity index is 1.95. The highest BCUT2D eigenvalue weighted by atomic mass is 16.5. The molecule has 0 radical (unpaired) electrons. The summed E-state index contributed by atoms with van der Waals surface area (Å²) in [7, 11) is 1.85. The molecule has 0 aromatic carbocycles. The summed E-state index contributed by atoms with van der Waals surface area (Å²) in [5.74, 6) is 0.739. The average Bonchev–Trinajstić information content (AvgIpc) is 2.72. The molecule has 20 heavy (non-hydrogen) atoms. The van der Waals surface area contributed by atoms with Crippen LogP contribution in [0.4, 0.5) is 5.82 Å². The molecule has 1 N–H and O–H groups in total. The van der Waals surface area contributed by atoms with Crippen LogP contribution in [0.2, 0.25) is 0 Å². The van der Waals surface area contributed by atoms with Crippen LogP contribution in [0.3, 0.4) is 0 Å². The summed E-state index contributed by atoms with van der Waals surface area (Å²) in [6.07, 6.45) is 0. The van der Waals surface area contributed by atoms with E-state index >= 15 is 0 Å². The lowest BCUT2D eigenvalue weighted by Gasteiger charge is -2.25. The molecule has 6 nitrogen and oxygen atoms in total. The predicted molar refractivity (Wildman–Crippen MR) is 77.8 cm³/mol. The van der Waals surface area contributed by atoms with Gasteiger partial charge < -0.3 is 10.1 Å². The first-order valence-electron chi connectivity index (χ1n) is 7.01. The molecule has 1 fully saturated rings. The Bertz CT molecular complexity index is 470. The highest BCUT2D eigenvalue weighted by Gasteiger charge is 2.20. The number of hydrogen-bond acceptors (Lipinski definition) is 4. The van der Waals surface area contributed by atoms with E-state index in [2.05, 4.69) is 36.1 Å². The van der Waals surface area contributed by atoms with Gasteiger partial charge in [0.25, 0.3) is 0 Å². The second kappa shape index (κ2) is 5.93. The molecule has 1 aromatic heterocycles. The molecule has 6 heteroatoms. The summed E-state index contributed by atoms with van der Waals surface area (Å²) in [6.45, 7) is 9.75. The maximum Gasteiger partial charge on any atom is 0.239 e. The van der Waals surface area contributed by atoms with Gasteiger partial charge in [-0.15, -0.1) is 0 Å². The number of carbonyl (C=O) groups excluding carboxylic acids is 1. The Hall–Kier alpha value is -1.40. The van der Waals surface area contributed by atoms with Crippen LogP contribution in [0.5, 0.6) is 0 Å². The van der Waals surface area contributed by atoms with E-state index in [0.29, 0.717) is 19.8 Å². The van der Waals surface area contributed by atoms with Crippen LogP contribution in [0.25, 0.3) is 0 Å². The van der Waals surface area contributed by atoms with Gasteiger partial charge in [0.05, 0.1) is 25.5 Å². The van der Waals surface area contributed by atoms with Crippen LogP contribution < -0.4 is 5.32 Å². The van der Waals surface area contributed by atoms with Crippen molar-refractivity contribution in [3.63, 3.8) is 0 Å². The van der Waals surface area contributed by atoms with E-state index in [1.807, 2.05) is 13.1 Å². The van der Waals surface area contributed by atoms with E-state index in [9.17, 15) is 4.79 Å². The zero-order chi connectivity index (χ0) is 14.8. The molecular weight excluding hydrogens is 256 g/mol. The fraction of sp³-hybridized carbons (Fsp3) is 0.714. The Morgan fingerprint density at radius 2 is 2.05 bits per heavy atom. The number of rotatable bonds is 3. The number of aromatic nitrogens is 2. The van der Waals surface area contributed by atoms with E-state index < -0.39 is 0 Å². The fourth-order valence-electron chi connectivity index (χ4n) is 2.10. The quantitative estimate of drug-likeness (QED) is 0.897. The smallest absolute Gasteiger partial charge is 0.239 e. The molecule has 2 rings (SSSR count). The van der Waals surface area contributed by atoms with Crippen LogP contribution in [0, 0.1) is 0 Å². The Morgan fingerprint density at radius 1 is 1.40 bits per heavy atom. The summed E-state index contributed by atoms with van der Waals surface area (Å²) < 4.78 is 6.99. The van der Waals surface area contributed by atoms with Gasteiger partial charge in [-0.25, -0.2) is 0 Å². The third kappa shape index (κ3) is 3.80. The maximum atomic E-state index is 12.1. The molecule has 112 valence electrons. The Morgan fingerprint density at radius 3 is 2.60 bits per heavy atom. The summed E-state index contributed by atoms with van der Waals surface area (Å²) in [5.41, 5.74) is 0.951. The summed E-state index contributed by atoms with van der Waals surface area (Å²) in [6, 6.07) is 1.94. The normalized spacial score (nSPS) is 17.2. The molecule has 1 aromatic rings.